The van der Waals surface area contributed by atoms with Crippen molar-refractivity contribution in [2.45, 2.75) is 19.8 Å². The number of hydrogen-bond acceptors (Lipinski definition) is 3. The second-order valence-corrected chi connectivity index (χ2v) is 3.65. The Bertz CT molecular complexity index is 272. The van der Waals surface area contributed by atoms with Gasteiger partial charge < -0.3 is 14.8 Å². The molecule has 90 valence electrons. The summed E-state index contributed by atoms with van der Waals surface area (Å²) in [6.07, 6.45) is 2.06. The first-order valence-corrected chi connectivity index (χ1v) is 5.82. The first-order chi connectivity index (χ1) is 7.86. The Labute approximate surface area is 97.8 Å². The lowest BCUT2D eigenvalue weighted by Gasteiger charge is -2.08. The molecule has 0 unspecified atom stereocenters. The first kappa shape index (κ1) is 12.8. The fourth-order valence-corrected chi connectivity index (χ4v) is 1.34. The second-order valence-electron chi connectivity index (χ2n) is 3.65. The minimum atomic E-state index is 0.778. The molecule has 0 atom stereocenters. The zero-order valence-corrected chi connectivity index (χ0v) is 10.2. The number of benzene rings is 1. The molecule has 0 fully saturated rings. The van der Waals surface area contributed by atoms with Gasteiger partial charge in [-0.15, -0.1) is 0 Å². The lowest BCUT2D eigenvalue weighted by atomic mass is 10.3. The van der Waals surface area contributed by atoms with Crippen molar-refractivity contribution in [3.63, 3.8) is 0 Å². The van der Waals surface area contributed by atoms with Crippen LogP contribution in [0.15, 0.2) is 24.3 Å². The molecule has 1 aromatic rings. The number of ether oxygens (including phenoxy) is 2. The molecule has 0 saturated heterocycles. The van der Waals surface area contributed by atoms with Gasteiger partial charge in [-0.2, -0.15) is 0 Å². The van der Waals surface area contributed by atoms with E-state index in [4.69, 9.17) is 9.47 Å². The van der Waals surface area contributed by atoms with Crippen LogP contribution in [0.25, 0.3) is 0 Å². The second kappa shape index (κ2) is 7.99. The summed E-state index contributed by atoms with van der Waals surface area (Å²) in [6, 6.07) is 8.07. The van der Waals surface area contributed by atoms with E-state index in [1.165, 1.54) is 0 Å². The van der Waals surface area contributed by atoms with Crippen molar-refractivity contribution >= 4 is 5.69 Å². The van der Waals surface area contributed by atoms with Crippen LogP contribution < -0.4 is 10.1 Å². The van der Waals surface area contributed by atoms with Gasteiger partial charge in [-0.1, -0.05) is 6.92 Å². The summed E-state index contributed by atoms with van der Waals surface area (Å²) in [6.45, 7) is 4.61. The van der Waals surface area contributed by atoms with Crippen LogP contribution in [0.2, 0.25) is 0 Å². The maximum absolute atomic E-state index is 5.51. The average molecular weight is 223 g/mol. The van der Waals surface area contributed by atoms with Crippen LogP contribution in [-0.2, 0) is 4.74 Å². The maximum atomic E-state index is 5.51. The van der Waals surface area contributed by atoms with Gasteiger partial charge in [0.05, 0.1) is 6.61 Å². The predicted molar refractivity (Wildman–Crippen MR) is 67.2 cm³/mol. The van der Waals surface area contributed by atoms with E-state index in [9.17, 15) is 0 Å². The number of hydrogen-bond donors (Lipinski definition) is 1. The molecule has 16 heavy (non-hydrogen) atoms. The molecule has 1 rings (SSSR count). The Balaban J connectivity index is 2.27. The summed E-state index contributed by atoms with van der Waals surface area (Å²) in [5.74, 6) is 0.935. The summed E-state index contributed by atoms with van der Waals surface area (Å²) in [7, 11) is 1.72. The van der Waals surface area contributed by atoms with Crippen LogP contribution in [0.4, 0.5) is 5.69 Å². The van der Waals surface area contributed by atoms with Crippen molar-refractivity contribution in [2.24, 2.45) is 0 Å². The zero-order valence-electron chi connectivity index (χ0n) is 10.2. The lowest BCUT2D eigenvalue weighted by Crippen LogP contribution is -2.04. The predicted octanol–water partition coefficient (Wildman–Crippen LogP) is 2.92. The van der Waals surface area contributed by atoms with E-state index in [1.54, 1.807) is 7.11 Å². The van der Waals surface area contributed by atoms with Gasteiger partial charge in [0.25, 0.3) is 0 Å². The summed E-state index contributed by atoms with van der Waals surface area (Å²) < 4.78 is 10.5. The molecule has 1 N–H and O–H groups in total. The largest absolute Gasteiger partial charge is 0.494 e. The SMILES string of the molecule is CCCOc1ccc(NCCCOC)cc1. The highest BCUT2D eigenvalue weighted by Gasteiger charge is 1.94. The molecule has 0 radical (unpaired) electrons. The minimum absolute atomic E-state index is 0.778. The van der Waals surface area contributed by atoms with Gasteiger partial charge in [-0.3, -0.25) is 0 Å². The van der Waals surface area contributed by atoms with Crippen molar-refractivity contribution in [1.82, 2.24) is 0 Å². The Morgan fingerprint density at radius 2 is 1.88 bits per heavy atom. The van der Waals surface area contributed by atoms with Crippen LogP contribution in [0.3, 0.4) is 0 Å². The normalized spacial score (nSPS) is 10.1. The molecule has 0 spiro atoms. The van der Waals surface area contributed by atoms with Crippen LogP contribution in [0.1, 0.15) is 19.8 Å². The van der Waals surface area contributed by atoms with Gasteiger partial charge in [0.1, 0.15) is 5.75 Å². The third-order valence-corrected chi connectivity index (χ3v) is 2.18. The van der Waals surface area contributed by atoms with Gasteiger partial charge in [0, 0.05) is 25.9 Å². The summed E-state index contributed by atoms with van der Waals surface area (Å²) in [4.78, 5) is 0. The molecule has 0 saturated carbocycles. The molecular formula is C13H21NO2. The Morgan fingerprint density at radius 1 is 1.12 bits per heavy atom. The van der Waals surface area contributed by atoms with Crippen LogP contribution >= 0.6 is 0 Å². The van der Waals surface area contributed by atoms with E-state index in [0.29, 0.717) is 0 Å². The van der Waals surface area contributed by atoms with E-state index in [-0.39, 0.29) is 0 Å². The Kier molecular flexibility index (Phi) is 6.42. The summed E-state index contributed by atoms with van der Waals surface area (Å²) >= 11 is 0. The molecule has 0 aliphatic carbocycles. The van der Waals surface area contributed by atoms with Crippen molar-refractivity contribution in [3.05, 3.63) is 24.3 Å². The molecule has 0 amide bonds. The summed E-state index contributed by atoms with van der Waals surface area (Å²) in [5.41, 5.74) is 1.12. The van der Waals surface area contributed by atoms with E-state index in [0.717, 1.165) is 44.0 Å². The standard InChI is InChI=1S/C13H21NO2/c1-3-10-16-13-7-5-12(6-8-13)14-9-4-11-15-2/h5-8,14H,3-4,9-11H2,1-2H3. The fraction of sp³-hybridized carbons (Fsp3) is 0.538. The molecule has 0 bridgehead atoms. The minimum Gasteiger partial charge on any atom is -0.494 e. The van der Waals surface area contributed by atoms with Crippen molar-refractivity contribution in [1.29, 1.82) is 0 Å². The van der Waals surface area contributed by atoms with Crippen molar-refractivity contribution < 1.29 is 9.47 Å². The monoisotopic (exact) mass is 223 g/mol. The average Bonchev–Trinajstić information content (AvgIpc) is 2.33. The van der Waals surface area contributed by atoms with Gasteiger partial charge in [0.2, 0.25) is 0 Å². The number of anilines is 1. The molecular weight excluding hydrogens is 202 g/mol. The maximum Gasteiger partial charge on any atom is 0.119 e. The number of methoxy groups -OCH3 is 1. The summed E-state index contributed by atoms with van der Waals surface area (Å²) in [5, 5.41) is 3.33. The Morgan fingerprint density at radius 3 is 2.50 bits per heavy atom. The molecule has 3 nitrogen and oxygen atoms in total. The number of nitrogens with one attached hydrogen (secondary N) is 1. The smallest absolute Gasteiger partial charge is 0.119 e. The molecule has 1 aromatic carbocycles. The third kappa shape index (κ3) is 5.03. The molecule has 0 heterocycles. The van der Waals surface area contributed by atoms with Crippen LogP contribution in [-0.4, -0.2) is 26.9 Å². The topological polar surface area (TPSA) is 30.5 Å². The highest BCUT2D eigenvalue weighted by atomic mass is 16.5. The van der Waals surface area contributed by atoms with E-state index in [2.05, 4.69) is 12.2 Å². The van der Waals surface area contributed by atoms with Crippen molar-refractivity contribution in [2.75, 3.05) is 32.2 Å². The van der Waals surface area contributed by atoms with Gasteiger partial charge in [0.15, 0.2) is 0 Å². The Hall–Kier alpha value is -1.22. The first-order valence-electron chi connectivity index (χ1n) is 5.82. The van der Waals surface area contributed by atoms with E-state index < -0.39 is 0 Å². The number of rotatable bonds is 8. The highest BCUT2D eigenvalue weighted by molar-refractivity contribution is 5.46. The fourth-order valence-electron chi connectivity index (χ4n) is 1.34. The molecule has 0 aliphatic heterocycles. The zero-order chi connectivity index (χ0) is 11.6. The van der Waals surface area contributed by atoms with E-state index >= 15 is 0 Å². The third-order valence-electron chi connectivity index (χ3n) is 2.18. The van der Waals surface area contributed by atoms with Gasteiger partial charge in [-0.25, -0.2) is 0 Å². The van der Waals surface area contributed by atoms with Gasteiger partial charge in [-0.05, 0) is 37.1 Å². The van der Waals surface area contributed by atoms with Crippen LogP contribution in [0.5, 0.6) is 5.75 Å². The molecule has 0 aromatic heterocycles. The quantitative estimate of drug-likeness (QED) is 0.687. The van der Waals surface area contributed by atoms with Crippen LogP contribution in [0, 0.1) is 0 Å². The lowest BCUT2D eigenvalue weighted by molar-refractivity contribution is 0.198. The van der Waals surface area contributed by atoms with Gasteiger partial charge >= 0.3 is 0 Å². The molecule has 3 heteroatoms. The molecule has 0 aliphatic rings. The highest BCUT2D eigenvalue weighted by Crippen LogP contribution is 2.15. The van der Waals surface area contributed by atoms with Crippen molar-refractivity contribution in [3.8, 4) is 5.75 Å². The van der Waals surface area contributed by atoms with E-state index in [1.807, 2.05) is 24.3 Å².